The Hall–Kier alpha value is -1.50. The lowest BCUT2D eigenvalue weighted by Gasteiger charge is -2.14. The normalized spacial score (nSPS) is 20.1. The van der Waals surface area contributed by atoms with Gasteiger partial charge in [-0.25, -0.2) is 0 Å². The van der Waals surface area contributed by atoms with Crippen LogP contribution in [0.4, 0.5) is 0 Å². The molecule has 22 heavy (non-hydrogen) atoms. The molecule has 1 aromatic rings. The monoisotopic (exact) mass is 330 g/mol. The first kappa shape index (κ1) is 18.5. The Bertz CT molecular complexity index is 473. The Balaban J connectivity index is 0.00000242. The van der Waals surface area contributed by atoms with Gasteiger partial charge in [-0.15, -0.1) is 12.4 Å². The Morgan fingerprint density at radius 2 is 2.09 bits per heavy atom. The van der Waals surface area contributed by atoms with Crippen LogP contribution in [0.25, 0.3) is 0 Å². The first-order valence-electron chi connectivity index (χ1n) is 7.12. The fourth-order valence-corrected chi connectivity index (χ4v) is 2.25. The van der Waals surface area contributed by atoms with E-state index in [4.69, 9.17) is 9.47 Å². The van der Waals surface area contributed by atoms with Crippen LogP contribution < -0.4 is 20.1 Å². The van der Waals surface area contributed by atoms with Crippen LogP contribution >= 0.6 is 12.4 Å². The van der Waals surface area contributed by atoms with E-state index in [1.54, 1.807) is 13.2 Å². The van der Waals surface area contributed by atoms with Gasteiger partial charge in [-0.2, -0.15) is 0 Å². The van der Waals surface area contributed by atoms with E-state index >= 15 is 0 Å². The molecule has 2 unspecified atom stereocenters. The first-order chi connectivity index (χ1) is 10.2. The van der Waals surface area contributed by atoms with Crippen LogP contribution in [0.2, 0.25) is 0 Å². The van der Waals surface area contributed by atoms with E-state index in [1.165, 1.54) is 0 Å². The molecule has 3 N–H and O–H groups in total. The van der Waals surface area contributed by atoms with Gasteiger partial charge < -0.3 is 25.2 Å². The summed E-state index contributed by atoms with van der Waals surface area (Å²) < 4.78 is 10.7. The number of aliphatic hydroxyl groups excluding tert-OH is 1. The van der Waals surface area contributed by atoms with Crippen LogP contribution in [0.15, 0.2) is 24.3 Å². The lowest BCUT2D eigenvalue weighted by Crippen LogP contribution is -2.34. The molecule has 124 valence electrons. The fourth-order valence-electron chi connectivity index (χ4n) is 2.25. The summed E-state index contributed by atoms with van der Waals surface area (Å²) in [5.74, 6) is 1.29. The summed E-state index contributed by atoms with van der Waals surface area (Å²) in [6.07, 6.45) is -0.107. The van der Waals surface area contributed by atoms with Crippen molar-refractivity contribution in [2.75, 3.05) is 33.4 Å². The maximum Gasteiger partial charge on any atom is 0.223 e. The van der Waals surface area contributed by atoms with Crippen LogP contribution in [0, 0.1) is 5.92 Å². The second kappa shape index (κ2) is 9.50. The predicted octanol–water partition coefficient (Wildman–Crippen LogP) is 0.582. The average molecular weight is 331 g/mol. The highest BCUT2D eigenvalue weighted by molar-refractivity contribution is 5.85. The Morgan fingerprint density at radius 3 is 2.73 bits per heavy atom. The van der Waals surface area contributed by atoms with Crippen molar-refractivity contribution in [3.63, 3.8) is 0 Å². The van der Waals surface area contributed by atoms with Crippen molar-refractivity contribution in [1.29, 1.82) is 0 Å². The van der Waals surface area contributed by atoms with Gasteiger partial charge >= 0.3 is 0 Å². The molecule has 0 bridgehead atoms. The molecular weight excluding hydrogens is 308 g/mol. The van der Waals surface area contributed by atoms with Gasteiger partial charge in [-0.3, -0.25) is 4.79 Å². The third-order valence-electron chi connectivity index (χ3n) is 3.52. The Morgan fingerprint density at radius 1 is 1.36 bits per heavy atom. The Labute approximate surface area is 136 Å². The average Bonchev–Trinajstić information content (AvgIpc) is 2.91. The molecule has 0 aliphatic carbocycles. The minimum absolute atomic E-state index is 0. The number of hydrogen-bond donors (Lipinski definition) is 3. The van der Waals surface area contributed by atoms with Crippen molar-refractivity contribution in [1.82, 2.24) is 10.6 Å². The van der Waals surface area contributed by atoms with E-state index in [1.807, 2.05) is 18.2 Å². The van der Waals surface area contributed by atoms with E-state index in [0.29, 0.717) is 24.6 Å². The SMILES string of the molecule is COc1ccccc1OCCC(=O)NCC1CNCC1O.Cl. The molecule has 2 rings (SSSR count). The minimum atomic E-state index is -0.380. The summed E-state index contributed by atoms with van der Waals surface area (Å²) in [7, 11) is 1.58. The summed E-state index contributed by atoms with van der Waals surface area (Å²) in [4.78, 5) is 11.7. The van der Waals surface area contributed by atoms with Gasteiger partial charge in [0.1, 0.15) is 0 Å². The van der Waals surface area contributed by atoms with Crippen LogP contribution in [0.5, 0.6) is 11.5 Å². The molecule has 1 fully saturated rings. The lowest BCUT2D eigenvalue weighted by atomic mass is 10.1. The van der Waals surface area contributed by atoms with Gasteiger partial charge in [0.05, 0.1) is 26.2 Å². The van der Waals surface area contributed by atoms with Crippen molar-refractivity contribution < 1.29 is 19.4 Å². The van der Waals surface area contributed by atoms with E-state index < -0.39 is 0 Å². The predicted molar refractivity (Wildman–Crippen MR) is 85.7 cm³/mol. The molecule has 0 saturated carbocycles. The van der Waals surface area contributed by atoms with Gasteiger partial charge in [0.2, 0.25) is 5.91 Å². The maximum absolute atomic E-state index is 11.7. The number of para-hydroxylation sites is 2. The van der Waals surface area contributed by atoms with Crippen LogP contribution in [0.1, 0.15) is 6.42 Å². The number of β-amino-alcohol motifs (C(OH)–C–C–N with tert-alkyl or cyclic N) is 1. The summed E-state index contributed by atoms with van der Waals surface area (Å²) in [5, 5.41) is 15.5. The highest BCUT2D eigenvalue weighted by Gasteiger charge is 2.24. The number of hydrogen-bond acceptors (Lipinski definition) is 5. The number of halogens is 1. The highest BCUT2D eigenvalue weighted by Crippen LogP contribution is 2.25. The van der Waals surface area contributed by atoms with E-state index in [2.05, 4.69) is 10.6 Å². The van der Waals surface area contributed by atoms with Gasteiger partial charge in [-0.05, 0) is 12.1 Å². The van der Waals surface area contributed by atoms with E-state index in [9.17, 15) is 9.90 Å². The third kappa shape index (κ3) is 5.36. The quantitative estimate of drug-likeness (QED) is 0.681. The number of carbonyl (C=O) groups excluding carboxylic acids is 1. The molecule has 1 amide bonds. The summed E-state index contributed by atoms with van der Waals surface area (Å²) in [5.41, 5.74) is 0. The number of carbonyl (C=O) groups is 1. The van der Waals surface area contributed by atoms with Gasteiger partial charge in [0, 0.05) is 25.6 Å². The summed E-state index contributed by atoms with van der Waals surface area (Å²) in [6, 6.07) is 7.33. The molecular formula is C15H23ClN2O4. The fraction of sp³-hybridized carbons (Fsp3) is 0.533. The number of benzene rings is 1. The lowest BCUT2D eigenvalue weighted by molar-refractivity contribution is -0.121. The topological polar surface area (TPSA) is 79.8 Å². The molecule has 1 aliphatic heterocycles. The first-order valence-corrected chi connectivity index (χ1v) is 7.12. The smallest absolute Gasteiger partial charge is 0.223 e. The number of aliphatic hydroxyl groups is 1. The zero-order chi connectivity index (χ0) is 15.1. The molecule has 0 aromatic heterocycles. The maximum atomic E-state index is 11.7. The van der Waals surface area contributed by atoms with Crippen LogP contribution in [-0.4, -0.2) is 50.5 Å². The van der Waals surface area contributed by atoms with Crippen LogP contribution in [-0.2, 0) is 4.79 Å². The van der Waals surface area contributed by atoms with E-state index in [-0.39, 0.29) is 43.4 Å². The zero-order valence-corrected chi connectivity index (χ0v) is 13.4. The van der Waals surface area contributed by atoms with Crippen molar-refractivity contribution in [3.05, 3.63) is 24.3 Å². The van der Waals surface area contributed by atoms with E-state index in [0.717, 1.165) is 6.54 Å². The molecule has 1 aromatic carbocycles. The van der Waals surface area contributed by atoms with Gasteiger partial charge in [-0.1, -0.05) is 12.1 Å². The molecule has 6 nitrogen and oxygen atoms in total. The largest absolute Gasteiger partial charge is 0.493 e. The zero-order valence-electron chi connectivity index (χ0n) is 12.6. The molecule has 1 heterocycles. The summed E-state index contributed by atoms with van der Waals surface area (Å²) in [6.45, 7) is 2.11. The number of rotatable bonds is 7. The standard InChI is InChI=1S/C15H22N2O4.ClH/c1-20-13-4-2-3-5-14(13)21-7-6-15(19)17-9-11-8-16-10-12(11)18;/h2-5,11-12,16,18H,6-10H2,1H3,(H,17,19);1H. The Kier molecular flexibility index (Phi) is 8.01. The minimum Gasteiger partial charge on any atom is -0.493 e. The number of methoxy groups -OCH3 is 1. The second-order valence-corrected chi connectivity index (χ2v) is 5.04. The number of amides is 1. The van der Waals surface area contributed by atoms with Crippen molar-refractivity contribution in [3.8, 4) is 11.5 Å². The molecule has 1 aliphatic rings. The molecule has 0 radical (unpaired) electrons. The van der Waals surface area contributed by atoms with Gasteiger partial charge in [0.25, 0.3) is 0 Å². The van der Waals surface area contributed by atoms with Crippen LogP contribution in [0.3, 0.4) is 0 Å². The van der Waals surface area contributed by atoms with Crippen molar-refractivity contribution in [2.24, 2.45) is 5.92 Å². The number of nitrogens with one attached hydrogen (secondary N) is 2. The van der Waals surface area contributed by atoms with Crippen molar-refractivity contribution >= 4 is 18.3 Å². The molecule has 1 saturated heterocycles. The number of ether oxygens (including phenoxy) is 2. The second-order valence-electron chi connectivity index (χ2n) is 5.04. The molecule has 0 spiro atoms. The molecule has 2 atom stereocenters. The summed E-state index contributed by atoms with van der Waals surface area (Å²) >= 11 is 0. The highest BCUT2D eigenvalue weighted by atomic mass is 35.5. The van der Waals surface area contributed by atoms with Crippen molar-refractivity contribution in [2.45, 2.75) is 12.5 Å². The molecule has 7 heteroatoms. The van der Waals surface area contributed by atoms with Gasteiger partial charge in [0.15, 0.2) is 11.5 Å². The third-order valence-corrected chi connectivity index (χ3v) is 3.52.